The van der Waals surface area contributed by atoms with Crippen LogP contribution in [0.2, 0.25) is 0 Å². The van der Waals surface area contributed by atoms with Gasteiger partial charge in [0, 0.05) is 12.1 Å². The molecule has 0 fully saturated rings. The lowest BCUT2D eigenvalue weighted by Gasteiger charge is -2.12. The Labute approximate surface area is 97.8 Å². The van der Waals surface area contributed by atoms with Gasteiger partial charge in [0.1, 0.15) is 0 Å². The highest BCUT2D eigenvalue weighted by Crippen LogP contribution is 2.32. The number of carbonyl (C=O) groups is 1. The van der Waals surface area contributed by atoms with Gasteiger partial charge in [0.2, 0.25) is 5.91 Å². The van der Waals surface area contributed by atoms with Gasteiger partial charge in [0.15, 0.2) is 0 Å². The van der Waals surface area contributed by atoms with Crippen LogP contribution in [0.4, 0.5) is 18.9 Å². The average Bonchev–Trinajstić information content (AvgIpc) is 2.20. The van der Waals surface area contributed by atoms with Gasteiger partial charge in [-0.3, -0.25) is 4.79 Å². The molecule has 0 atom stereocenters. The monoisotopic (exact) mass is 245 g/mol. The van der Waals surface area contributed by atoms with Crippen LogP contribution in [0.5, 0.6) is 0 Å². The van der Waals surface area contributed by atoms with Crippen LogP contribution in [0, 0.1) is 6.92 Å². The van der Waals surface area contributed by atoms with Crippen LogP contribution in [0.25, 0.3) is 0 Å². The van der Waals surface area contributed by atoms with Gasteiger partial charge in [-0.2, -0.15) is 13.2 Å². The highest BCUT2D eigenvalue weighted by molar-refractivity contribution is 5.91. The first-order chi connectivity index (χ1) is 7.84. The first-order valence-corrected chi connectivity index (χ1v) is 5.32. The van der Waals surface area contributed by atoms with E-state index in [0.29, 0.717) is 18.4 Å². The summed E-state index contributed by atoms with van der Waals surface area (Å²) >= 11 is 0. The smallest absolute Gasteiger partial charge is 0.326 e. The molecule has 1 N–H and O–H groups in total. The Morgan fingerprint density at radius 1 is 1.35 bits per heavy atom. The second-order valence-corrected chi connectivity index (χ2v) is 3.83. The van der Waals surface area contributed by atoms with Crippen LogP contribution >= 0.6 is 0 Å². The highest BCUT2D eigenvalue weighted by atomic mass is 19.4. The maximum absolute atomic E-state index is 12.5. The molecule has 0 aliphatic carbocycles. The van der Waals surface area contributed by atoms with Gasteiger partial charge >= 0.3 is 6.18 Å². The van der Waals surface area contributed by atoms with Crippen molar-refractivity contribution in [3.63, 3.8) is 0 Å². The van der Waals surface area contributed by atoms with E-state index >= 15 is 0 Å². The molecule has 0 aliphatic heterocycles. The Hall–Kier alpha value is -1.52. The minimum Gasteiger partial charge on any atom is -0.326 e. The van der Waals surface area contributed by atoms with Gasteiger partial charge in [-0.05, 0) is 31.0 Å². The summed E-state index contributed by atoms with van der Waals surface area (Å²) in [5.74, 6) is -0.269. The summed E-state index contributed by atoms with van der Waals surface area (Å²) < 4.78 is 37.4. The van der Waals surface area contributed by atoms with E-state index in [9.17, 15) is 18.0 Å². The number of aryl methyl sites for hydroxylation is 1. The van der Waals surface area contributed by atoms with E-state index < -0.39 is 11.7 Å². The van der Waals surface area contributed by atoms with Crippen molar-refractivity contribution in [1.82, 2.24) is 0 Å². The summed E-state index contributed by atoms with van der Waals surface area (Å²) in [6.07, 6.45) is -3.43. The lowest BCUT2D eigenvalue weighted by molar-refractivity contribution is -0.137. The zero-order chi connectivity index (χ0) is 13.1. The van der Waals surface area contributed by atoms with Crippen LogP contribution in [-0.2, 0) is 11.0 Å². The Balaban J connectivity index is 2.95. The lowest BCUT2D eigenvalue weighted by Crippen LogP contribution is -2.13. The quantitative estimate of drug-likeness (QED) is 0.863. The van der Waals surface area contributed by atoms with Crippen molar-refractivity contribution in [3.05, 3.63) is 29.3 Å². The molecule has 94 valence electrons. The number of nitrogens with one attached hydrogen (secondary N) is 1. The minimum absolute atomic E-state index is 0.221. The summed E-state index contributed by atoms with van der Waals surface area (Å²) in [6.45, 7) is 3.49. The van der Waals surface area contributed by atoms with Gasteiger partial charge < -0.3 is 5.32 Å². The van der Waals surface area contributed by atoms with E-state index in [0.717, 1.165) is 12.1 Å². The first kappa shape index (κ1) is 13.5. The van der Waals surface area contributed by atoms with Crippen LogP contribution in [0.1, 0.15) is 30.9 Å². The molecule has 0 spiro atoms. The molecule has 1 rings (SSSR count). The maximum atomic E-state index is 12.5. The molecule has 0 bridgehead atoms. The number of carbonyl (C=O) groups excluding carboxylic acids is 1. The van der Waals surface area contributed by atoms with Crippen LogP contribution in [-0.4, -0.2) is 5.91 Å². The minimum atomic E-state index is -4.39. The molecule has 17 heavy (non-hydrogen) atoms. The van der Waals surface area contributed by atoms with Crippen molar-refractivity contribution >= 4 is 11.6 Å². The van der Waals surface area contributed by atoms with Crippen molar-refractivity contribution in [2.75, 3.05) is 5.32 Å². The third-order valence-corrected chi connectivity index (χ3v) is 2.32. The van der Waals surface area contributed by atoms with Crippen LogP contribution in [0.3, 0.4) is 0 Å². The SMILES string of the molecule is CCCC(=O)Nc1cc(C(F)(F)F)ccc1C. The standard InChI is InChI=1S/C12H14F3NO/c1-3-4-11(17)16-10-7-9(12(13,14)15)6-5-8(10)2/h5-7H,3-4H2,1-2H3,(H,16,17). The van der Waals surface area contributed by atoms with Crippen molar-refractivity contribution in [3.8, 4) is 0 Å². The van der Waals surface area contributed by atoms with Gasteiger partial charge in [-0.25, -0.2) is 0 Å². The largest absolute Gasteiger partial charge is 0.416 e. The zero-order valence-corrected chi connectivity index (χ0v) is 9.69. The van der Waals surface area contributed by atoms with Crippen molar-refractivity contribution < 1.29 is 18.0 Å². The molecule has 1 amide bonds. The molecule has 0 aromatic heterocycles. The van der Waals surface area contributed by atoms with E-state index in [1.54, 1.807) is 6.92 Å². The molecule has 0 aliphatic rings. The molecular formula is C12H14F3NO. The van der Waals surface area contributed by atoms with E-state index in [2.05, 4.69) is 5.32 Å². The molecule has 5 heteroatoms. The second-order valence-electron chi connectivity index (χ2n) is 3.83. The van der Waals surface area contributed by atoms with Crippen molar-refractivity contribution in [2.45, 2.75) is 32.9 Å². The average molecular weight is 245 g/mol. The number of alkyl halides is 3. The Bertz CT molecular complexity index is 413. The summed E-state index contributed by atoms with van der Waals surface area (Å²) in [5.41, 5.74) is 0.0793. The molecule has 0 radical (unpaired) electrons. The number of halogens is 3. The van der Waals surface area contributed by atoms with Gasteiger partial charge in [-0.1, -0.05) is 13.0 Å². The predicted molar refractivity (Wildman–Crippen MR) is 59.7 cm³/mol. The summed E-state index contributed by atoms with van der Waals surface area (Å²) in [7, 11) is 0. The second kappa shape index (κ2) is 5.21. The first-order valence-electron chi connectivity index (χ1n) is 5.32. The fraction of sp³-hybridized carbons (Fsp3) is 0.417. The number of hydrogen-bond acceptors (Lipinski definition) is 1. The molecule has 1 aromatic carbocycles. The number of hydrogen-bond donors (Lipinski definition) is 1. The number of amides is 1. The molecule has 2 nitrogen and oxygen atoms in total. The van der Waals surface area contributed by atoms with Gasteiger partial charge in [0.25, 0.3) is 0 Å². The molecular weight excluding hydrogens is 231 g/mol. The predicted octanol–water partition coefficient (Wildman–Crippen LogP) is 3.75. The molecule has 1 aromatic rings. The maximum Gasteiger partial charge on any atom is 0.416 e. The Morgan fingerprint density at radius 2 is 2.00 bits per heavy atom. The summed E-state index contributed by atoms with van der Waals surface area (Å²) in [5, 5.41) is 2.48. The van der Waals surface area contributed by atoms with E-state index in [1.165, 1.54) is 6.07 Å². The normalized spacial score (nSPS) is 11.4. The molecule has 0 saturated carbocycles. The van der Waals surface area contributed by atoms with Gasteiger partial charge in [-0.15, -0.1) is 0 Å². The van der Waals surface area contributed by atoms with E-state index in [-0.39, 0.29) is 11.6 Å². The Morgan fingerprint density at radius 3 is 2.53 bits per heavy atom. The fourth-order valence-electron chi connectivity index (χ4n) is 1.37. The van der Waals surface area contributed by atoms with E-state index in [4.69, 9.17) is 0 Å². The Kier molecular flexibility index (Phi) is 4.15. The molecule has 0 unspecified atom stereocenters. The fourth-order valence-corrected chi connectivity index (χ4v) is 1.37. The summed E-state index contributed by atoms with van der Waals surface area (Å²) in [4.78, 5) is 11.3. The summed E-state index contributed by atoms with van der Waals surface area (Å²) in [6, 6.07) is 3.32. The highest BCUT2D eigenvalue weighted by Gasteiger charge is 2.30. The lowest BCUT2D eigenvalue weighted by atomic mass is 10.1. The number of anilines is 1. The van der Waals surface area contributed by atoms with Crippen molar-refractivity contribution in [2.24, 2.45) is 0 Å². The zero-order valence-electron chi connectivity index (χ0n) is 9.69. The van der Waals surface area contributed by atoms with Crippen molar-refractivity contribution in [1.29, 1.82) is 0 Å². The van der Waals surface area contributed by atoms with Crippen LogP contribution < -0.4 is 5.32 Å². The van der Waals surface area contributed by atoms with Gasteiger partial charge in [0.05, 0.1) is 5.56 Å². The number of benzene rings is 1. The van der Waals surface area contributed by atoms with E-state index in [1.807, 2.05) is 6.92 Å². The van der Waals surface area contributed by atoms with Crippen LogP contribution in [0.15, 0.2) is 18.2 Å². The molecule has 0 heterocycles. The topological polar surface area (TPSA) is 29.1 Å². The third kappa shape index (κ3) is 3.76. The number of rotatable bonds is 3. The molecule has 0 saturated heterocycles. The third-order valence-electron chi connectivity index (χ3n) is 2.32.